The van der Waals surface area contributed by atoms with Gasteiger partial charge in [0.2, 0.25) is 0 Å². The van der Waals surface area contributed by atoms with Gasteiger partial charge in [-0.3, -0.25) is 19.1 Å². The standard InChI is InChI=1S/C26H20N4O3/c1-17-14-23(28-29(17)16-18-8-3-2-4-9-18)27-24(31)19-10-7-11-20(15-19)30-25(32)21-12-5-6-13-22(21)26(30)33/h2-15H,16H2,1H3,(H,27,28,31). The highest BCUT2D eigenvalue weighted by molar-refractivity contribution is 6.34. The summed E-state index contributed by atoms with van der Waals surface area (Å²) >= 11 is 0. The van der Waals surface area contributed by atoms with E-state index in [-0.39, 0.29) is 5.91 Å². The van der Waals surface area contributed by atoms with Gasteiger partial charge in [0.15, 0.2) is 5.82 Å². The molecule has 0 fully saturated rings. The molecule has 1 aliphatic rings. The lowest BCUT2D eigenvalue weighted by Gasteiger charge is -2.14. The Morgan fingerprint density at radius 1 is 0.848 bits per heavy atom. The lowest BCUT2D eigenvalue weighted by Crippen LogP contribution is -2.29. The average molecular weight is 436 g/mol. The minimum atomic E-state index is -0.400. The lowest BCUT2D eigenvalue weighted by atomic mass is 10.1. The molecule has 0 saturated heterocycles. The second kappa shape index (κ2) is 8.20. The Morgan fingerprint density at radius 3 is 2.21 bits per heavy atom. The minimum Gasteiger partial charge on any atom is -0.305 e. The van der Waals surface area contributed by atoms with Crippen molar-refractivity contribution in [2.45, 2.75) is 13.5 Å². The van der Waals surface area contributed by atoms with Crippen LogP contribution in [-0.2, 0) is 6.54 Å². The van der Waals surface area contributed by atoms with E-state index in [1.807, 2.05) is 41.9 Å². The zero-order chi connectivity index (χ0) is 22.9. The van der Waals surface area contributed by atoms with E-state index in [4.69, 9.17) is 0 Å². The summed E-state index contributed by atoms with van der Waals surface area (Å²) in [6.45, 7) is 2.52. The van der Waals surface area contributed by atoms with Crippen LogP contribution in [0.1, 0.15) is 42.3 Å². The summed E-state index contributed by atoms with van der Waals surface area (Å²) in [5.74, 6) is -0.746. The van der Waals surface area contributed by atoms with E-state index in [1.165, 1.54) is 6.07 Å². The van der Waals surface area contributed by atoms with Crippen molar-refractivity contribution in [3.8, 4) is 0 Å². The van der Waals surface area contributed by atoms with Crippen LogP contribution in [0.4, 0.5) is 11.5 Å². The molecule has 1 N–H and O–H groups in total. The molecule has 4 aromatic rings. The van der Waals surface area contributed by atoms with Crippen LogP contribution in [0.25, 0.3) is 0 Å². The van der Waals surface area contributed by atoms with E-state index < -0.39 is 11.8 Å². The van der Waals surface area contributed by atoms with Gasteiger partial charge in [0.05, 0.1) is 23.4 Å². The normalized spacial score (nSPS) is 12.7. The molecule has 0 radical (unpaired) electrons. The van der Waals surface area contributed by atoms with Gasteiger partial charge in [-0.1, -0.05) is 48.5 Å². The molecule has 0 aliphatic carbocycles. The SMILES string of the molecule is Cc1cc(NC(=O)c2cccc(N3C(=O)c4ccccc4C3=O)c2)nn1Cc1ccccc1. The van der Waals surface area contributed by atoms with E-state index >= 15 is 0 Å². The highest BCUT2D eigenvalue weighted by Gasteiger charge is 2.36. The number of fused-ring (bicyclic) bond motifs is 1. The van der Waals surface area contributed by atoms with E-state index in [1.54, 1.807) is 48.5 Å². The number of nitrogens with zero attached hydrogens (tertiary/aromatic N) is 3. The molecule has 7 nitrogen and oxygen atoms in total. The van der Waals surface area contributed by atoms with Crippen molar-refractivity contribution in [3.63, 3.8) is 0 Å². The molecule has 0 unspecified atom stereocenters. The predicted molar refractivity (Wildman–Crippen MR) is 124 cm³/mol. The maximum atomic E-state index is 12.9. The Hall–Kier alpha value is -4.52. The van der Waals surface area contributed by atoms with Crippen molar-refractivity contribution in [2.75, 3.05) is 10.2 Å². The van der Waals surface area contributed by atoms with Crippen molar-refractivity contribution in [3.05, 3.63) is 113 Å². The van der Waals surface area contributed by atoms with Crippen LogP contribution in [0.2, 0.25) is 0 Å². The van der Waals surface area contributed by atoms with Gasteiger partial charge < -0.3 is 5.32 Å². The quantitative estimate of drug-likeness (QED) is 0.473. The molecule has 162 valence electrons. The zero-order valence-electron chi connectivity index (χ0n) is 17.9. The van der Waals surface area contributed by atoms with E-state index in [2.05, 4.69) is 10.4 Å². The van der Waals surface area contributed by atoms with Gasteiger partial charge in [0, 0.05) is 17.3 Å². The smallest absolute Gasteiger partial charge is 0.266 e. The summed E-state index contributed by atoms with van der Waals surface area (Å²) in [5, 5.41) is 7.29. The number of amides is 3. The van der Waals surface area contributed by atoms with Crippen LogP contribution in [0.5, 0.6) is 0 Å². The van der Waals surface area contributed by atoms with E-state index in [0.717, 1.165) is 16.2 Å². The fraction of sp³-hybridized carbons (Fsp3) is 0.0769. The van der Waals surface area contributed by atoms with Crippen molar-refractivity contribution in [1.29, 1.82) is 0 Å². The second-order valence-corrected chi connectivity index (χ2v) is 7.81. The number of carbonyl (C=O) groups is 3. The lowest BCUT2D eigenvalue weighted by molar-refractivity contribution is 0.0924. The summed E-state index contributed by atoms with van der Waals surface area (Å²) in [4.78, 5) is 39.5. The molecule has 1 aromatic heterocycles. The molecule has 3 amide bonds. The van der Waals surface area contributed by atoms with E-state index in [9.17, 15) is 14.4 Å². The van der Waals surface area contributed by atoms with Gasteiger partial charge in [-0.25, -0.2) is 4.90 Å². The summed E-state index contributed by atoms with van der Waals surface area (Å²) in [7, 11) is 0. The molecule has 0 bridgehead atoms. The highest BCUT2D eigenvalue weighted by atomic mass is 16.2. The fourth-order valence-electron chi connectivity index (χ4n) is 3.89. The maximum Gasteiger partial charge on any atom is 0.266 e. The Morgan fingerprint density at radius 2 is 1.52 bits per heavy atom. The molecule has 33 heavy (non-hydrogen) atoms. The predicted octanol–water partition coefficient (Wildman–Crippen LogP) is 4.29. The van der Waals surface area contributed by atoms with Crippen molar-refractivity contribution >= 4 is 29.2 Å². The van der Waals surface area contributed by atoms with Gasteiger partial charge >= 0.3 is 0 Å². The minimum absolute atomic E-state index is 0.319. The van der Waals surface area contributed by atoms with Gasteiger partial charge in [-0.15, -0.1) is 0 Å². The molecular formula is C26H20N4O3. The number of hydrogen-bond donors (Lipinski definition) is 1. The van der Waals surface area contributed by atoms with Crippen LogP contribution < -0.4 is 10.2 Å². The monoisotopic (exact) mass is 436 g/mol. The van der Waals surface area contributed by atoms with Crippen molar-refractivity contribution < 1.29 is 14.4 Å². The Balaban J connectivity index is 1.35. The number of aryl methyl sites for hydroxylation is 1. The summed E-state index contributed by atoms with van der Waals surface area (Å²) in [6.07, 6.45) is 0. The number of nitrogens with one attached hydrogen (secondary N) is 1. The van der Waals surface area contributed by atoms with Crippen LogP contribution >= 0.6 is 0 Å². The average Bonchev–Trinajstić information content (AvgIpc) is 3.30. The third-order valence-corrected chi connectivity index (χ3v) is 5.56. The first kappa shape index (κ1) is 20.4. The van der Waals surface area contributed by atoms with Gasteiger partial charge in [0.1, 0.15) is 0 Å². The number of carbonyl (C=O) groups excluding carboxylic acids is 3. The molecule has 0 atom stereocenters. The van der Waals surface area contributed by atoms with Crippen LogP contribution in [-0.4, -0.2) is 27.5 Å². The number of aromatic nitrogens is 2. The van der Waals surface area contributed by atoms with Crippen molar-refractivity contribution in [2.24, 2.45) is 0 Å². The Bertz CT molecular complexity index is 1360. The number of imide groups is 1. The summed E-state index contributed by atoms with van der Waals surface area (Å²) in [5.41, 5.74) is 3.40. The molecular weight excluding hydrogens is 416 g/mol. The number of benzene rings is 3. The van der Waals surface area contributed by atoms with Crippen LogP contribution in [0.15, 0.2) is 84.9 Å². The molecule has 0 saturated carbocycles. The Kier molecular flexibility index (Phi) is 5.06. The van der Waals surface area contributed by atoms with Gasteiger partial charge in [-0.05, 0) is 42.8 Å². The van der Waals surface area contributed by atoms with E-state index in [0.29, 0.717) is 34.7 Å². The molecule has 2 heterocycles. The molecule has 1 aliphatic heterocycles. The number of anilines is 2. The van der Waals surface area contributed by atoms with Gasteiger partial charge in [-0.2, -0.15) is 5.10 Å². The summed E-state index contributed by atoms with van der Waals surface area (Å²) in [6, 6.07) is 24.9. The fourth-order valence-corrected chi connectivity index (χ4v) is 3.89. The summed E-state index contributed by atoms with van der Waals surface area (Å²) < 4.78 is 1.82. The second-order valence-electron chi connectivity index (χ2n) is 7.81. The van der Waals surface area contributed by atoms with Gasteiger partial charge in [0.25, 0.3) is 17.7 Å². The largest absolute Gasteiger partial charge is 0.305 e. The Labute approximate surface area is 190 Å². The van der Waals surface area contributed by atoms with Crippen LogP contribution in [0, 0.1) is 6.92 Å². The third-order valence-electron chi connectivity index (χ3n) is 5.56. The molecule has 0 spiro atoms. The van der Waals surface area contributed by atoms with Crippen LogP contribution in [0.3, 0.4) is 0 Å². The third kappa shape index (κ3) is 3.80. The first-order valence-corrected chi connectivity index (χ1v) is 10.5. The first-order valence-electron chi connectivity index (χ1n) is 10.5. The highest BCUT2D eigenvalue weighted by Crippen LogP contribution is 2.29. The maximum absolute atomic E-state index is 12.9. The first-order chi connectivity index (χ1) is 16.0. The number of hydrogen-bond acceptors (Lipinski definition) is 4. The molecule has 3 aromatic carbocycles. The molecule has 7 heteroatoms. The topological polar surface area (TPSA) is 84.3 Å². The van der Waals surface area contributed by atoms with Crippen molar-refractivity contribution in [1.82, 2.24) is 9.78 Å². The zero-order valence-corrected chi connectivity index (χ0v) is 17.9. The number of rotatable bonds is 5. The molecule has 5 rings (SSSR count).